The van der Waals surface area contributed by atoms with Crippen LogP contribution in [0.2, 0.25) is 16.1 Å². The third-order valence-corrected chi connectivity index (χ3v) is 28.9. The number of carbonyl (C=O) groups excluding carboxylic acids is 5. The van der Waals surface area contributed by atoms with Crippen molar-refractivity contribution in [2.24, 2.45) is 49.6 Å². The summed E-state index contributed by atoms with van der Waals surface area (Å²) < 4.78 is 120. The van der Waals surface area contributed by atoms with Crippen LogP contribution in [0.25, 0.3) is 0 Å². The number of hydrogen-bond acceptors (Lipinski definition) is 20. The quantitative estimate of drug-likeness (QED) is 0.0101. The largest absolute Gasteiger partial charge is 0.516 e. The van der Waals surface area contributed by atoms with Gasteiger partial charge in [-0.25, -0.2) is 47.8 Å². The number of benzene rings is 4. The summed E-state index contributed by atoms with van der Waals surface area (Å²) in [6.07, 6.45) is -1.73. The molecule has 19 N–H and O–H groups in total. The summed E-state index contributed by atoms with van der Waals surface area (Å²) in [5, 5.41) is 12.5. The van der Waals surface area contributed by atoms with Gasteiger partial charge in [0.05, 0.1) is 25.6 Å². The maximum atomic E-state index is 14.9. The molecule has 4 aromatic rings. The normalized spacial score (nSPS) is 14.8. The van der Waals surface area contributed by atoms with Crippen LogP contribution in [-0.4, -0.2) is 152 Å². The number of aryl methyl sites for hydroxylation is 4. The third kappa shape index (κ3) is 28.1. The molecule has 4 rings (SSSR count). The Labute approximate surface area is 608 Å². The first-order valence-corrected chi connectivity index (χ1v) is 41.8. The van der Waals surface area contributed by atoms with E-state index in [9.17, 15) is 57.6 Å². The van der Waals surface area contributed by atoms with Gasteiger partial charge in [-0.15, -0.1) is 0 Å². The fourth-order valence-electron chi connectivity index (χ4n) is 10.9. The average Bonchev–Trinajstić information content (AvgIpc) is 0.750. The fraction of sp³-hybridized carbons (Fsp3) is 0.522. The number of aliphatic imine (C=N–C) groups is 3. The van der Waals surface area contributed by atoms with E-state index in [-0.39, 0.29) is 103 Å². The van der Waals surface area contributed by atoms with Gasteiger partial charge in [-0.3, -0.25) is 44.3 Å². The molecule has 0 aliphatic heterocycles. The van der Waals surface area contributed by atoms with Gasteiger partial charge in [0.1, 0.15) is 30.5 Å². The number of rotatable bonds is 38. The zero-order valence-corrected chi connectivity index (χ0v) is 65.3. The molecule has 0 saturated heterocycles. The molecule has 36 heteroatoms. The Morgan fingerprint density at radius 2 is 0.767 bits per heavy atom. The molecule has 0 spiro atoms. The minimum atomic E-state index is -4.18. The van der Waals surface area contributed by atoms with Gasteiger partial charge in [-0.1, -0.05) is 126 Å². The number of guanidine groups is 3. The van der Waals surface area contributed by atoms with Crippen LogP contribution in [0, 0.1) is 33.6 Å². The number of carbonyl (C=O) groups is 5. The van der Waals surface area contributed by atoms with Crippen molar-refractivity contribution in [1.82, 2.24) is 45.5 Å². The molecule has 31 nitrogen and oxygen atoms in total. The smallest absolute Gasteiger partial charge is 0.315 e. The van der Waals surface area contributed by atoms with Crippen LogP contribution >= 0.6 is 0 Å². The van der Waals surface area contributed by atoms with Crippen LogP contribution in [-0.2, 0) is 68.5 Å². The lowest BCUT2D eigenvalue weighted by Crippen LogP contribution is -2.60. The summed E-state index contributed by atoms with van der Waals surface area (Å²) >= 11 is 0. The van der Waals surface area contributed by atoms with Gasteiger partial charge in [0.25, 0.3) is 38.4 Å². The molecule has 0 aliphatic rings. The van der Waals surface area contributed by atoms with Gasteiger partial charge in [0.15, 0.2) is 0 Å². The van der Waals surface area contributed by atoms with Crippen molar-refractivity contribution in [3.05, 3.63) is 119 Å². The van der Waals surface area contributed by atoms with Crippen LogP contribution in [0.1, 0.15) is 136 Å². The molecule has 103 heavy (non-hydrogen) atoms. The Morgan fingerprint density at radius 1 is 0.447 bits per heavy atom. The Bertz CT molecular complexity index is 4070. The van der Waals surface area contributed by atoms with E-state index < -0.39 is 142 Å². The first-order chi connectivity index (χ1) is 47.8. The van der Waals surface area contributed by atoms with E-state index in [0.717, 1.165) is 22.3 Å². The first-order valence-electron chi connectivity index (χ1n) is 33.7. The molecule has 4 amide bonds. The van der Waals surface area contributed by atoms with Crippen molar-refractivity contribution in [1.29, 1.82) is 0 Å². The summed E-state index contributed by atoms with van der Waals surface area (Å²) in [7, 11) is -19.6. The predicted octanol–water partition coefficient (Wildman–Crippen LogP) is 3.06. The Hall–Kier alpha value is -8.10. The summed E-state index contributed by atoms with van der Waals surface area (Å²) in [6.45, 7) is 24.2. The van der Waals surface area contributed by atoms with Gasteiger partial charge in [0.2, 0.25) is 51.5 Å². The van der Waals surface area contributed by atoms with E-state index in [2.05, 4.69) is 60.4 Å². The highest BCUT2D eigenvalue weighted by molar-refractivity contribution is 7.90. The average molecular weight is 1530 g/mol. The van der Waals surface area contributed by atoms with Gasteiger partial charge in [-0.05, 0) is 163 Å². The standard InChI is InChI=1S/C67H107N17O14S4Si/c1-43(2)42-103(66(8,9)10,67(11,12)13)98-61(89)56(21-17-41-76-65(72)84-102(96,97)52-36-28-47(6)29-37-52)80-57(85)48(7)77-59(87)54(19-15-39-74-63(70)82-100(92,93)50-32-24-45(4)25-33-50)79-60(88)55(20-16-40-75-64(71)83-101(94,95)51-34-26-46(5)27-35-51)78-58(86)53(68)18-14-38-73-62(69)81-99(90,91)49-30-22-44(3)23-31-49/h22-37,43,48,53-56,65,76,84H,14-21,38-42,68,72H2,1-13H3,(H,77,87)(H,78,86)(H,79,88)(H,80,85)(H3,69,73,81)(H3,70,74,82)(H3,71,75,83)/t48-,53-,54-,55-,56-,65?/m0/s1. The maximum absolute atomic E-state index is 14.9. The molecule has 0 aromatic heterocycles. The van der Waals surface area contributed by atoms with Gasteiger partial charge in [0, 0.05) is 19.6 Å². The Balaban J connectivity index is 1.66. The monoisotopic (exact) mass is 1530 g/mol. The number of nitrogens with zero attached hydrogens (tertiary/aromatic N) is 3. The number of nitrogens with two attached hydrogens (primary N) is 5. The van der Waals surface area contributed by atoms with Crippen LogP contribution in [0.3, 0.4) is 0 Å². The van der Waals surface area contributed by atoms with Crippen molar-refractivity contribution in [2.45, 2.75) is 214 Å². The second-order valence-electron chi connectivity index (χ2n) is 27.9. The highest BCUT2D eigenvalue weighted by Crippen LogP contribution is 2.55. The highest BCUT2D eigenvalue weighted by Gasteiger charge is 2.58. The Morgan fingerprint density at radius 3 is 1.13 bits per heavy atom. The van der Waals surface area contributed by atoms with Crippen molar-refractivity contribution in [3.63, 3.8) is 0 Å². The van der Waals surface area contributed by atoms with E-state index in [1.807, 2.05) is 62.3 Å². The molecule has 572 valence electrons. The van der Waals surface area contributed by atoms with E-state index in [1.165, 1.54) is 55.5 Å². The van der Waals surface area contributed by atoms with Crippen molar-refractivity contribution in [3.8, 4) is 0 Å². The highest BCUT2D eigenvalue weighted by atomic mass is 32.2. The lowest BCUT2D eigenvalue weighted by molar-refractivity contribution is -0.141. The van der Waals surface area contributed by atoms with Gasteiger partial charge in [-0.2, -0.15) is 4.72 Å². The zero-order chi connectivity index (χ0) is 77.5. The molecular weight excluding hydrogens is 1420 g/mol. The van der Waals surface area contributed by atoms with E-state index in [0.29, 0.717) is 6.04 Å². The fourth-order valence-corrected chi connectivity index (χ4v) is 20.7. The van der Waals surface area contributed by atoms with Crippen LogP contribution in [0.5, 0.6) is 0 Å². The number of sulfonamides is 4. The number of amides is 4. The van der Waals surface area contributed by atoms with Gasteiger partial charge < -0.3 is 54.4 Å². The van der Waals surface area contributed by atoms with Gasteiger partial charge >= 0.3 is 5.97 Å². The van der Waals surface area contributed by atoms with Crippen LogP contribution < -0.4 is 74.1 Å². The van der Waals surface area contributed by atoms with Crippen molar-refractivity contribution in [2.75, 3.05) is 26.2 Å². The first kappa shape index (κ1) is 87.3. The minimum Gasteiger partial charge on any atom is -0.516 e. The predicted molar refractivity (Wildman–Crippen MR) is 401 cm³/mol. The van der Waals surface area contributed by atoms with Crippen molar-refractivity contribution < 1.29 is 62.1 Å². The second-order valence-corrected chi connectivity index (χ2v) is 39.9. The molecular formula is C67H107N17O14S4Si. The summed E-state index contributed by atoms with van der Waals surface area (Å²) in [5.41, 5.74) is 33.8. The minimum absolute atomic E-state index is 0.00926. The lowest BCUT2D eigenvalue weighted by atomic mass is 10.1. The molecule has 0 radical (unpaired) electrons. The summed E-state index contributed by atoms with van der Waals surface area (Å²) in [6, 6.07) is 17.5. The zero-order valence-electron chi connectivity index (χ0n) is 61.0. The summed E-state index contributed by atoms with van der Waals surface area (Å²) in [5.74, 6) is -5.64. The van der Waals surface area contributed by atoms with Crippen LogP contribution in [0.15, 0.2) is 132 Å². The van der Waals surface area contributed by atoms with E-state index in [4.69, 9.17) is 33.1 Å². The Kier molecular flexibility index (Phi) is 32.7. The molecule has 0 fully saturated rings. The molecule has 0 saturated carbocycles. The van der Waals surface area contributed by atoms with Crippen LogP contribution in [0.4, 0.5) is 0 Å². The topological polar surface area (TPSA) is 507 Å². The third-order valence-electron chi connectivity index (χ3n) is 16.5. The molecule has 4 aromatic carbocycles. The lowest BCUT2D eigenvalue weighted by Gasteiger charge is -2.51. The number of hydrogen-bond donors (Lipinski definition) is 14. The molecule has 0 heterocycles. The van der Waals surface area contributed by atoms with E-state index >= 15 is 0 Å². The SMILES string of the molecule is Cc1ccc(S(=O)(=O)NC(N)=NCCC[C@H](NC(=O)[C@H](CCCN=C(N)NS(=O)(=O)c2ccc(C)cc2)NC(=O)[C@@H](N)CCCN=C(N)NS(=O)(=O)c2ccc(C)cc2)C(=O)N[C@@H](C)C(=O)N[C@@H](CCCNC(N)NS(=O)(=O)c2ccc(C)cc2)C(=O)O[Si](CC(C)C)(C(C)(C)C)C(C)(C)C)cc1. The van der Waals surface area contributed by atoms with Crippen molar-refractivity contribution >= 4 is 95.9 Å². The van der Waals surface area contributed by atoms with E-state index in [1.54, 1.807) is 69.3 Å². The maximum Gasteiger partial charge on any atom is 0.315 e. The molecule has 0 bridgehead atoms. The second kappa shape index (κ2) is 38.6. The number of nitrogens with one attached hydrogen (secondary N) is 9. The molecule has 1 unspecified atom stereocenters. The summed E-state index contributed by atoms with van der Waals surface area (Å²) in [4.78, 5) is 84.9. The molecule has 6 atom stereocenters. The molecule has 0 aliphatic carbocycles.